The average molecular weight is 612 g/mol. The summed E-state index contributed by atoms with van der Waals surface area (Å²) >= 11 is 3.39. The summed E-state index contributed by atoms with van der Waals surface area (Å²) in [7, 11) is 1.59. The van der Waals surface area contributed by atoms with Gasteiger partial charge in [0.1, 0.15) is 5.75 Å². The number of carbonyl (C=O) groups excluding carboxylic acids is 2. The van der Waals surface area contributed by atoms with Crippen molar-refractivity contribution < 1.29 is 24.5 Å². The number of nitrogens with one attached hydrogen (secondary N) is 2. The second-order valence-corrected chi connectivity index (χ2v) is 10.5. The third-order valence-corrected chi connectivity index (χ3v) is 6.44. The van der Waals surface area contributed by atoms with Gasteiger partial charge in [-0.05, 0) is 86.5 Å². The summed E-state index contributed by atoms with van der Waals surface area (Å²) in [6.07, 6.45) is -1.12. The Morgan fingerprint density at radius 2 is 1.62 bits per heavy atom. The molecule has 3 aromatic rings. The Hall–Kier alpha value is -3.57. The summed E-state index contributed by atoms with van der Waals surface area (Å²) in [4.78, 5) is 28.2. The molecule has 4 N–H and O–H groups in total. The molecule has 0 bridgehead atoms. The fourth-order valence-electron chi connectivity index (χ4n) is 4.12. The molecule has 3 aromatic carbocycles. The van der Waals surface area contributed by atoms with E-state index in [9.17, 15) is 19.8 Å². The number of anilines is 1. The van der Waals surface area contributed by atoms with Crippen LogP contribution in [0.1, 0.15) is 52.6 Å². The molecule has 0 spiro atoms. The van der Waals surface area contributed by atoms with Crippen LogP contribution in [0.3, 0.4) is 0 Å². The van der Waals surface area contributed by atoms with Crippen LogP contribution < -0.4 is 15.5 Å². The molecule has 0 aromatic heterocycles. The molecule has 3 rings (SSSR count). The van der Waals surface area contributed by atoms with Gasteiger partial charge in [0.15, 0.2) is 0 Å². The maximum atomic E-state index is 13.2. The molecule has 9 nitrogen and oxygen atoms in total. The molecular formula is C30H35BrN4O5. The van der Waals surface area contributed by atoms with Crippen molar-refractivity contribution in [2.45, 2.75) is 39.5 Å². The average Bonchev–Trinajstić information content (AvgIpc) is 2.91. The summed E-state index contributed by atoms with van der Waals surface area (Å²) in [6.45, 7) is 6.39. The van der Waals surface area contributed by atoms with Gasteiger partial charge < -0.3 is 20.3 Å². The highest BCUT2D eigenvalue weighted by molar-refractivity contribution is 9.10. The summed E-state index contributed by atoms with van der Waals surface area (Å²) in [5.74, 6) is -0.142. The zero-order chi connectivity index (χ0) is 29.2. The molecule has 0 fully saturated rings. The van der Waals surface area contributed by atoms with E-state index in [0.29, 0.717) is 41.1 Å². The number of hydrazone groups is 1. The number of ether oxygens (including phenoxy) is 1. The smallest absolute Gasteiger partial charge is 0.273 e. The molecule has 2 amide bonds. The Morgan fingerprint density at radius 3 is 2.25 bits per heavy atom. The number of carbonyl (C=O) groups is 2. The number of benzene rings is 3. The minimum atomic E-state index is -0.559. The predicted octanol–water partition coefficient (Wildman–Crippen LogP) is 4.43. The Balaban J connectivity index is 1.75. The molecule has 0 aliphatic rings. The van der Waals surface area contributed by atoms with Crippen LogP contribution in [0, 0.1) is 0 Å². The van der Waals surface area contributed by atoms with Crippen LogP contribution in [-0.4, -0.2) is 65.0 Å². The van der Waals surface area contributed by atoms with Crippen molar-refractivity contribution in [3.05, 3.63) is 93.5 Å². The monoisotopic (exact) mass is 610 g/mol. The highest BCUT2D eigenvalue weighted by atomic mass is 79.9. The number of aliphatic hydroxyl groups is 2. The Kier molecular flexibility index (Phi) is 11.4. The van der Waals surface area contributed by atoms with Gasteiger partial charge in [0, 0.05) is 29.7 Å². The molecule has 2 unspecified atom stereocenters. The van der Waals surface area contributed by atoms with Gasteiger partial charge in [-0.2, -0.15) is 5.10 Å². The number of halogens is 1. The molecule has 0 saturated carbocycles. The minimum Gasteiger partial charge on any atom is -0.497 e. The number of rotatable bonds is 12. The summed E-state index contributed by atoms with van der Waals surface area (Å²) in [5.41, 5.74) is 5.83. The van der Waals surface area contributed by atoms with Gasteiger partial charge in [0.05, 0.1) is 36.3 Å². The minimum absolute atomic E-state index is 0.241. The van der Waals surface area contributed by atoms with Crippen LogP contribution in [-0.2, 0) is 6.54 Å². The standard InChI is InChI=1S/C30H35BrN4O5/c1-19(36)16-35(17-20(2)37)18-22-6-5-7-24(14-22)29(38)32-28-13-10-25(31)15-27(28)30(39)34-33-21(3)23-8-11-26(40-4)12-9-23/h5-15,19-20,36-37H,16-18H2,1-4H3,(H,32,38)(H,34,39)/b33-21-. The molecular weight excluding hydrogens is 576 g/mol. The van der Waals surface area contributed by atoms with Gasteiger partial charge in [-0.25, -0.2) is 5.43 Å². The molecule has 2 atom stereocenters. The van der Waals surface area contributed by atoms with Gasteiger partial charge in [-0.15, -0.1) is 0 Å². The van der Waals surface area contributed by atoms with Crippen molar-refractivity contribution in [3.8, 4) is 5.75 Å². The van der Waals surface area contributed by atoms with E-state index in [1.165, 1.54) is 0 Å². The first-order valence-electron chi connectivity index (χ1n) is 12.8. The first-order valence-corrected chi connectivity index (χ1v) is 13.6. The molecule has 10 heteroatoms. The lowest BCUT2D eigenvalue weighted by Gasteiger charge is -2.25. The topological polar surface area (TPSA) is 123 Å². The quantitative estimate of drug-likeness (QED) is 0.178. The zero-order valence-corrected chi connectivity index (χ0v) is 24.6. The molecule has 0 saturated heterocycles. The highest BCUT2D eigenvalue weighted by Crippen LogP contribution is 2.22. The highest BCUT2D eigenvalue weighted by Gasteiger charge is 2.17. The van der Waals surface area contributed by atoms with Crippen molar-refractivity contribution in [1.82, 2.24) is 10.3 Å². The van der Waals surface area contributed by atoms with Gasteiger partial charge in [0.2, 0.25) is 0 Å². The van der Waals surface area contributed by atoms with Crippen LogP contribution in [0.2, 0.25) is 0 Å². The van der Waals surface area contributed by atoms with Crippen molar-refractivity contribution in [2.75, 3.05) is 25.5 Å². The third kappa shape index (κ3) is 9.27. The van der Waals surface area contributed by atoms with Crippen molar-refractivity contribution in [1.29, 1.82) is 0 Å². The number of nitrogens with zero attached hydrogens (tertiary/aromatic N) is 2. The van der Waals surface area contributed by atoms with E-state index in [1.807, 2.05) is 35.2 Å². The second kappa shape index (κ2) is 14.7. The number of amides is 2. The fraction of sp³-hybridized carbons (Fsp3) is 0.300. The number of aliphatic hydroxyl groups excluding tert-OH is 2. The normalized spacial score (nSPS) is 13.1. The van der Waals surface area contributed by atoms with E-state index in [4.69, 9.17) is 4.74 Å². The van der Waals surface area contributed by atoms with E-state index in [0.717, 1.165) is 16.9 Å². The van der Waals surface area contributed by atoms with Crippen LogP contribution in [0.15, 0.2) is 76.3 Å². The third-order valence-electron chi connectivity index (χ3n) is 5.95. The van der Waals surface area contributed by atoms with Crippen molar-refractivity contribution in [2.24, 2.45) is 5.10 Å². The van der Waals surface area contributed by atoms with E-state index < -0.39 is 18.1 Å². The van der Waals surface area contributed by atoms with Crippen molar-refractivity contribution >= 4 is 39.1 Å². The number of hydrogen-bond acceptors (Lipinski definition) is 7. The molecule has 212 valence electrons. The van der Waals surface area contributed by atoms with Gasteiger partial charge in [0.25, 0.3) is 11.8 Å². The van der Waals surface area contributed by atoms with Crippen LogP contribution >= 0.6 is 15.9 Å². The van der Waals surface area contributed by atoms with E-state index >= 15 is 0 Å². The van der Waals surface area contributed by atoms with Crippen LogP contribution in [0.5, 0.6) is 5.75 Å². The number of methoxy groups -OCH3 is 1. The van der Waals surface area contributed by atoms with Gasteiger partial charge in [-0.3, -0.25) is 14.5 Å². The van der Waals surface area contributed by atoms with Gasteiger partial charge in [-0.1, -0.05) is 28.1 Å². The van der Waals surface area contributed by atoms with Crippen LogP contribution in [0.25, 0.3) is 0 Å². The first-order chi connectivity index (χ1) is 19.0. The maximum Gasteiger partial charge on any atom is 0.273 e. The van der Waals surface area contributed by atoms with E-state index in [2.05, 4.69) is 31.8 Å². The zero-order valence-electron chi connectivity index (χ0n) is 23.0. The molecule has 0 heterocycles. The maximum absolute atomic E-state index is 13.2. The Morgan fingerprint density at radius 1 is 0.950 bits per heavy atom. The Labute approximate surface area is 243 Å². The summed E-state index contributed by atoms with van der Waals surface area (Å²) in [6, 6.07) is 19.4. The first kappa shape index (κ1) is 31.0. The molecule has 0 aliphatic carbocycles. The Bertz CT molecular complexity index is 1330. The molecule has 0 radical (unpaired) electrons. The van der Waals surface area contributed by atoms with Crippen LogP contribution in [0.4, 0.5) is 5.69 Å². The predicted molar refractivity (Wildman–Crippen MR) is 160 cm³/mol. The summed E-state index contributed by atoms with van der Waals surface area (Å²) in [5, 5.41) is 26.7. The lowest BCUT2D eigenvalue weighted by atomic mass is 10.1. The lowest BCUT2D eigenvalue weighted by Crippen LogP contribution is -2.35. The van der Waals surface area contributed by atoms with Gasteiger partial charge >= 0.3 is 0 Å². The molecule has 40 heavy (non-hydrogen) atoms. The van der Waals surface area contributed by atoms with Crippen molar-refractivity contribution in [3.63, 3.8) is 0 Å². The lowest BCUT2D eigenvalue weighted by molar-refractivity contribution is 0.0793. The fourth-order valence-corrected chi connectivity index (χ4v) is 4.48. The summed E-state index contributed by atoms with van der Waals surface area (Å²) < 4.78 is 5.85. The second-order valence-electron chi connectivity index (χ2n) is 9.60. The SMILES string of the molecule is COc1ccc(/C(C)=N\NC(=O)c2cc(Br)ccc2NC(=O)c2cccc(CN(CC(C)O)CC(C)O)c2)cc1. The number of hydrogen-bond donors (Lipinski definition) is 4. The molecule has 0 aliphatic heterocycles. The van der Waals surface area contributed by atoms with E-state index in [1.54, 1.807) is 64.3 Å². The van der Waals surface area contributed by atoms with E-state index in [-0.39, 0.29) is 11.5 Å². The largest absolute Gasteiger partial charge is 0.497 e.